The fourth-order valence-electron chi connectivity index (χ4n) is 1.81. The van der Waals surface area contributed by atoms with Crippen LogP contribution in [0, 0.1) is 0 Å². The van der Waals surface area contributed by atoms with Crippen molar-refractivity contribution < 1.29 is 13.2 Å². The van der Waals surface area contributed by atoms with E-state index in [1.165, 1.54) is 6.26 Å². The van der Waals surface area contributed by atoms with E-state index in [0.29, 0.717) is 5.56 Å². The third-order valence-corrected chi connectivity index (χ3v) is 4.65. The molecule has 0 atom stereocenters. The smallest absolute Gasteiger partial charge is 0.210 e. The van der Waals surface area contributed by atoms with E-state index in [-0.39, 0.29) is 15.9 Å². The molecular weight excluding hydrogens is 284 g/mol. The van der Waals surface area contributed by atoms with E-state index in [0.717, 1.165) is 0 Å². The maximum absolute atomic E-state index is 12.8. The Balaban J connectivity index is 2.53. The first-order valence-corrected chi connectivity index (χ1v) is 8.21. The van der Waals surface area contributed by atoms with Crippen molar-refractivity contribution in [2.45, 2.75) is 24.8 Å². The van der Waals surface area contributed by atoms with Gasteiger partial charge in [0, 0.05) is 0 Å². The molecule has 0 bridgehead atoms. The van der Waals surface area contributed by atoms with E-state index in [4.69, 9.17) is 4.74 Å². The Morgan fingerprint density at radius 1 is 0.952 bits per heavy atom. The van der Waals surface area contributed by atoms with Gasteiger partial charge in [-0.2, -0.15) is 0 Å². The summed E-state index contributed by atoms with van der Waals surface area (Å²) in [4.78, 5) is 0.426. The van der Waals surface area contributed by atoms with Crippen molar-refractivity contribution in [3.05, 3.63) is 72.5 Å². The quantitative estimate of drug-likeness (QED) is 0.787. The fraction of sp³-hybridized carbons (Fsp3) is 0.176. The first kappa shape index (κ1) is 15.3. The van der Waals surface area contributed by atoms with Crippen LogP contribution in [0.1, 0.15) is 19.4 Å². The number of hydrogen-bond acceptors (Lipinski definition) is 3. The molecule has 2 aromatic carbocycles. The van der Waals surface area contributed by atoms with Crippen molar-refractivity contribution in [1.82, 2.24) is 0 Å². The zero-order chi connectivity index (χ0) is 15.3. The lowest BCUT2D eigenvalue weighted by Gasteiger charge is -2.11. The van der Waals surface area contributed by atoms with Gasteiger partial charge in [-0.1, -0.05) is 48.5 Å². The molecule has 21 heavy (non-hydrogen) atoms. The molecule has 0 fully saturated rings. The van der Waals surface area contributed by atoms with Crippen molar-refractivity contribution in [3.63, 3.8) is 0 Å². The minimum atomic E-state index is -3.61. The summed E-state index contributed by atoms with van der Waals surface area (Å²) in [6, 6.07) is 17.3. The van der Waals surface area contributed by atoms with Crippen LogP contribution in [0.2, 0.25) is 0 Å². The molecule has 0 radical (unpaired) electrons. The Labute approximate surface area is 125 Å². The molecule has 2 rings (SSSR count). The Morgan fingerprint density at radius 3 is 2.00 bits per heavy atom. The van der Waals surface area contributed by atoms with E-state index in [1.54, 1.807) is 54.6 Å². The summed E-state index contributed by atoms with van der Waals surface area (Å²) in [6.45, 7) is 3.71. The molecule has 0 aromatic heterocycles. The molecule has 0 amide bonds. The molecule has 0 spiro atoms. The molecule has 0 N–H and O–H groups in total. The van der Waals surface area contributed by atoms with E-state index in [2.05, 4.69) is 0 Å². The highest BCUT2D eigenvalue weighted by molar-refractivity contribution is 8.00. The van der Waals surface area contributed by atoms with Gasteiger partial charge in [0.2, 0.25) is 9.84 Å². The largest absolute Gasteiger partial charge is 0.497 e. The van der Waals surface area contributed by atoms with Gasteiger partial charge in [0.25, 0.3) is 0 Å². The second-order valence-electron chi connectivity index (χ2n) is 4.85. The molecule has 0 aliphatic rings. The van der Waals surface area contributed by atoms with E-state index < -0.39 is 9.84 Å². The van der Waals surface area contributed by atoms with Crippen LogP contribution >= 0.6 is 0 Å². The molecule has 4 heteroatoms. The van der Waals surface area contributed by atoms with Crippen LogP contribution in [-0.4, -0.2) is 14.5 Å². The molecule has 0 aliphatic heterocycles. The second kappa shape index (κ2) is 6.59. The lowest BCUT2D eigenvalue weighted by atomic mass is 10.2. The van der Waals surface area contributed by atoms with Gasteiger partial charge in [-0.15, -0.1) is 0 Å². The Hall–Kier alpha value is -2.07. The Kier molecular flexibility index (Phi) is 4.81. The average molecular weight is 302 g/mol. The maximum Gasteiger partial charge on any atom is 0.210 e. The lowest BCUT2D eigenvalue weighted by Crippen LogP contribution is -2.06. The number of rotatable bonds is 5. The van der Waals surface area contributed by atoms with Crippen LogP contribution in [0.3, 0.4) is 0 Å². The fourth-order valence-corrected chi connectivity index (χ4v) is 3.21. The van der Waals surface area contributed by atoms with Gasteiger partial charge < -0.3 is 4.74 Å². The second-order valence-corrected chi connectivity index (χ2v) is 6.77. The number of sulfone groups is 1. The van der Waals surface area contributed by atoms with Gasteiger partial charge >= 0.3 is 0 Å². The summed E-state index contributed by atoms with van der Waals surface area (Å²) >= 11 is 0. The molecule has 0 saturated carbocycles. The van der Waals surface area contributed by atoms with Crippen LogP contribution in [0.25, 0.3) is 4.91 Å². The normalized spacial score (nSPS) is 12.4. The number of ether oxygens (including phenoxy) is 1. The highest BCUT2D eigenvalue weighted by Crippen LogP contribution is 2.28. The Morgan fingerprint density at radius 2 is 1.48 bits per heavy atom. The number of benzene rings is 2. The summed E-state index contributed by atoms with van der Waals surface area (Å²) in [5.74, 6) is 0. The van der Waals surface area contributed by atoms with E-state index >= 15 is 0 Å². The van der Waals surface area contributed by atoms with E-state index in [9.17, 15) is 8.42 Å². The van der Waals surface area contributed by atoms with Crippen LogP contribution in [0.15, 0.2) is 71.8 Å². The molecular formula is C17H18O3S. The third kappa shape index (κ3) is 3.73. The highest BCUT2D eigenvalue weighted by atomic mass is 32.2. The van der Waals surface area contributed by atoms with Crippen molar-refractivity contribution >= 4 is 14.7 Å². The van der Waals surface area contributed by atoms with Crippen LogP contribution in [0.4, 0.5) is 0 Å². The molecule has 0 aliphatic carbocycles. The van der Waals surface area contributed by atoms with Gasteiger partial charge in [0.15, 0.2) is 0 Å². The zero-order valence-corrected chi connectivity index (χ0v) is 12.9. The van der Waals surface area contributed by atoms with Gasteiger partial charge in [0.1, 0.15) is 11.2 Å². The van der Waals surface area contributed by atoms with Gasteiger partial charge in [-0.3, -0.25) is 0 Å². The van der Waals surface area contributed by atoms with Crippen LogP contribution in [0.5, 0.6) is 0 Å². The minimum Gasteiger partial charge on any atom is -0.497 e. The standard InChI is InChI=1S/C17H18O3S/c1-14(2)20-13-17(15-9-5-3-6-10-15)21(18,19)16-11-7-4-8-12-16/h3-14H,1-2H3/b17-13-. The van der Waals surface area contributed by atoms with Crippen molar-refractivity contribution in [2.24, 2.45) is 0 Å². The average Bonchev–Trinajstić information content (AvgIpc) is 2.49. The highest BCUT2D eigenvalue weighted by Gasteiger charge is 2.22. The Bertz CT molecular complexity index is 702. The first-order chi connectivity index (χ1) is 10.0. The molecule has 3 nitrogen and oxygen atoms in total. The zero-order valence-electron chi connectivity index (χ0n) is 12.1. The van der Waals surface area contributed by atoms with Crippen LogP contribution < -0.4 is 0 Å². The summed E-state index contributed by atoms with van der Waals surface area (Å²) in [5, 5.41) is 0. The summed E-state index contributed by atoms with van der Waals surface area (Å²) in [7, 11) is -3.61. The monoisotopic (exact) mass is 302 g/mol. The summed E-state index contributed by atoms with van der Waals surface area (Å²) in [5.41, 5.74) is 0.613. The van der Waals surface area contributed by atoms with Gasteiger partial charge in [-0.05, 0) is 31.5 Å². The molecule has 110 valence electrons. The van der Waals surface area contributed by atoms with Gasteiger partial charge in [0.05, 0.1) is 11.0 Å². The summed E-state index contributed by atoms with van der Waals surface area (Å²) < 4.78 is 31.0. The maximum atomic E-state index is 12.8. The third-order valence-electron chi connectivity index (χ3n) is 2.85. The SMILES string of the molecule is CC(C)O/C=C(/c1ccccc1)S(=O)(=O)c1ccccc1. The minimum absolute atomic E-state index is 0.0883. The molecule has 2 aromatic rings. The predicted octanol–water partition coefficient (Wildman–Crippen LogP) is 3.88. The topological polar surface area (TPSA) is 43.4 Å². The number of hydrogen-bond donors (Lipinski definition) is 0. The van der Waals surface area contributed by atoms with E-state index in [1.807, 2.05) is 19.9 Å². The van der Waals surface area contributed by atoms with Crippen LogP contribution in [-0.2, 0) is 14.6 Å². The predicted molar refractivity (Wildman–Crippen MR) is 84.3 cm³/mol. The molecule has 0 heterocycles. The first-order valence-electron chi connectivity index (χ1n) is 6.73. The molecule has 0 unspecified atom stereocenters. The van der Waals surface area contributed by atoms with Crippen molar-refractivity contribution in [2.75, 3.05) is 0 Å². The van der Waals surface area contributed by atoms with Crippen molar-refractivity contribution in [1.29, 1.82) is 0 Å². The molecule has 0 saturated heterocycles. The lowest BCUT2D eigenvalue weighted by molar-refractivity contribution is 0.181. The van der Waals surface area contributed by atoms with Gasteiger partial charge in [-0.25, -0.2) is 8.42 Å². The van der Waals surface area contributed by atoms with Crippen molar-refractivity contribution in [3.8, 4) is 0 Å². The summed E-state index contributed by atoms with van der Waals surface area (Å²) in [6.07, 6.45) is 1.25.